The van der Waals surface area contributed by atoms with Crippen molar-refractivity contribution in [2.24, 2.45) is 5.11 Å². The van der Waals surface area contributed by atoms with Crippen LogP contribution in [0.5, 0.6) is 0 Å². The Hall–Kier alpha value is -2.79. The molecule has 7 nitrogen and oxygen atoms in total. The molecule has 1 heterocycles. The van der Waals surface area contributed by atoms with Crippen molar-refractivity contribution in [2.75, 3.05) is 0 Å². The lowest BCUT2D eigenvalue weighted by Gasteiger charge is -2.05. The van der Waals surface area contributed by atoms with Crippen LogP contribution >= 0.6 is 0 Å². The fourth-order valence-corrected chi connectivity index (χ4v) is 1.65. The third-order valence-corrected chi connectivity index (χ3v) is 2.52. The average Bonchev–Trinajstić information content (AvgIpc) is 2.89. The molecule has 0 unspecified atom stereocenters. The number of benzene rings is 1. The molecule has 2 rings (SSSR count). The summed E-state index contributed by atoms with van der Waals surface area (Å²) < 4.78 is 1.59. The molecule has 1 N–H and O–H groups in total. The van der Waals surface area contributed by atoms with Gasteiger partial charge in [0.25, 0.3) is 5.91 Å². The van der Waals surface area contributed by atoms with Crippen molar-refractivity contribution >= 4 is 11.6 Å². The standard InChI is InChI=1S/C13H14N6O/c1-9(2)15-13(20)12-7-8-19(17-12)11-5-3-10(4-6-11)16-18-14/h3-9H,1-2H3,(H,15,20). The van der Waals surface area contributed by atoms with Crippen molar-refractivity contribution in [1.29, 1.82) is 0 Å². The van der Waals surface area contributed by atoms with Crippen molar-refractivity contribution in [1.82, 2.24) is 15.1 Å². The maximum atomic E-state index is 11.8. The highest BCUT2D eigenvalue weighted by Gasteiger charge is 2.10. The van der Waals surface area contributed by atoms with Crippen LogP contribution in [-0.4, -0.2) is 21.7 Å². The number of aromatic nitrogens is 2. The first-order valence-electron chi connectivity index (χ1n) is 6.12. The number of azide groups is 1. The van der Waals surface area contributed by atoms with Crippen LogP contribution < -0.4 is 5.32 Å². The van der Waals surface area contributed by atoms with Gasteiger partial charge in [-0.25, -0.2) is 4.68 Å². The van der Waals surface area contributed by atoms with E-state index in [-0.39, 0.29) is 11.9 Å². The van der Waals surface area contributed by atoms with E-state index in [0.717, 1.165) is 5.69 Å². The van der Waals surface area contributed by atoms with Crippen LogP contribution in [0.4, 0.5) is 5.69 Å². The fraction of sp³-hybridized carbons (Fsp3) is 0.231. The summed E-state index contributed by atoms with van der Waals surface area (Å²) in [7, 11) is 0. The van der Waals surface area contributed by atoms with E-state index in [1.807, 2.05) is 13.8 Å². The number of amides is 1. The second kappa shape index (κ2) is 5.90. The first-order chi connectivity index (χ1) is 9.60. The van der Waals surface area contributed by atoms with E-state index in [2.05, 4.69) is 20.4 Å². The highest BCUT2D eigenvalue weighted by Crippen LogP contribution is 2.15. The summed E-state index contributed by atoms with van der Waals surface area (Å²) in [5.74, 6) is -0.204. The molecular formula is C13H14N6O. The van der Waals surface area contributed by atoms with Crippen molar-refractivity contribution in [2.45, 2.75) is 19.9 Å². The van der Waals surface area contributed by atoms with Gasteiger partial charge in [0.1, 0.15) is 0 Å². The summed E-state index contributed by atoms with van der Waals surface area (Å²) in [6, 6.07) is 8.62. The van der Waals surface area contributed by atoms with Gasteiger partial charge < -0.3 is 5.32 Å². The molecule has 20 heavy (non-hydrogen) atoms. The summed E-state index contributed by atoms with van der Waals surface area (Å²) in [5, 5.41) is 10.5. The molecule has 0 aliphatic heterocycles. The molecule has 1 amide bonds. The molecule has 1 aromatic heterocycles. The lowest BCUT2D eigenvalue weighted by atomic mass is 10.3. The molecule has 7 heteroatoms. The minimum atomic E-state index is -0.204. The van der Waals surface area contributed by atoms with E-state index in [9.17, 15) is 4.79 Å². The molecule has 0 aliphatic rings. The second-order valence-electron chi connectivity index (χ2n) is 4.48. The molecule has 102 valence electrons. The smallest absolute Gasteiger partial charge is 0.271 e. The summed E-state index contributed by atoms with van der Waals surface area (Å²) in [6.45, 7) is 3.78. The second-order valence-corrected chi connectivity index (χ2v) is 4.48. The Morgan fingerprint density at radius 1 is 1.35 bits per heavy atom. The number of carbonyl (C=O) groups is 1. The van der Waals surface area contributed by atoms with E-state index < -0.39 is 0 Å². The predicted octanol–water partition coefficient (Wildman–Crippen LogP) is 2.95. The van der Waals surface area contributed by atoms with Crippen molar-refractivity contribution < 1.29 is 4.79 Å². The van der Waals surface area contributed by atoms with Crippen LogP contribution in [0.2, 0.25) is 0 Å². The Kier molecular flexibility index (Phi) is 4.02. The van der Waals surface area contributed by atoms with Gasteiger partial charge >= 0.3 is 0 Å². The van der Waals surface area contributed by atoms with Crippen LogP contribution in [0, 0.1) is 0 Å². The number of hydrogen-bond donors (Lipinski definition) is 1. The van der Waals surface area contributed by atoms with E-state index in [1.54, 1.807) is 41.2 Å². The van der Waals surface area contributed by atoms with Crippen LogP contribution in [0.3, 0.4) is 0 Å². The third kappa shape index (κ3) is 3.15. The van der Waals surface area contributed by atoms with Crippen molar-refractivity contribution in [3.05, 3.63) is 52.7 Å². The molecule has 0 saturated heterocycles. The molecule has 0 saturated carbocycles. The molecule has 0 fully saturated rings. The zero-order valence-electron chi connectivity index (χ0n) is 11.2. The van der Waals surface area contributed by atoms with Gasteiger partial charge in [-0.1, -0.05) is 17.2 Å². The monoisotopic (exact) mass is 270 g/mol. The first-order valence-corrected chi connectivity index (χ1v) is 6.12. The van der Waals surface area contributed by atoms with Gasteiger partial charge in [0.05, 0.1) is 5.69 Å². The number of nitrogens with zero attached hydrogens (tertiary/aromatic N) is 5. The van der Waals surface area contributed by atoms with Gasteiger partial charge in [-0.05, 0) is 37.6 Å². The summed E-state index contributed by atoms with van der Waals surface area (Å²) in [5.41, 5.74) is 10.0. The minimum absolute atomic E-state index is 0.0655. The molecule has 2 aromatic rings. The summed E-state index contributed by atoms with van der Waals surface area (Å²) >= 11 is 0. The fourth-order valence-electron chi connectivity index (χ4n) is 1.65. The van der Waals surface area contributed by atoms with E-state index >= 15 is 0 Å². The SMILES string of the molecule is CC(C)NC(=O)c1ccn(-c2ccc(N=[N+]=[N-])cc2)n1. The molecule has 0 aliphatic carbocycles. The molecule has 1 aromatic carbocycles. The molecule has 0 spiro atoms. The normalized spacial score (nSPS) is 10.2. The first kappa shape index (κ1) is 13.6. The highest BCUT2D eigenvalue weighted by molar-refractivity contribution is 5.92. The molecule has 0 radical (unpaired) electrons. The molecule has 0 atom stereocenters. The topological polar surface area (TPSA) is 95.7 Å². The van der Waals surface area contributed by atoms with Gasteiger partial charge in [-0.15, -0.1) is 0 Å². The number of hydrogen-bond acceptors (Lipinski definition) is 3. The van der Waals surface area contributed by atoms with E-state index in [1.165, 1.54) is 0 Å². The maximum absolute atomic E-state index is 11.8. The Balaban J connectivity index is 2.20. The largest absolute Gasteiger partial charge is 0.348 e. The number of nitrogens with one attached hydrogen (secondary N) is 1. The van der Waals surface area contributed by atoms with Crippen LogP contribution in [0.15, 0.2) is 41.6 Å². The zero-order valence-corrected chi connectivity index (χ0v) is 11.2. The minimum Gasteiger partial charge on any atom is -0.348 e. The Morgan fingerprint density at radius 2 is 2.05 bits per heavy atom. The molecule has 0 bridgehead atoms. The lowest BCUT2D eigenvalue weighted by Crippen LogP contribution is -2.30. The van der Waals surface area contributed by atoms with E-state index in [0.29, 0.717) is 11.4 Å². The Bertz CT molecular complexity index is 652. The van der Waals surface area contributed by atoms with Crippen LogP contribution in [0.1, 0.15) is 24.3 Å². The Morgan fingerprint density at radius 3 is 2.65 bits per heavy atom. The van der Waals surface area contributed by atoms with Gasteiger partial charge in [-0.3, -0.25) is 4.79 Å². The van der Waals surface area contributed by atoms with Crippen LogP contribution in [0.25, 0.3) is 16.1 Å². The summed E-state index contributed by atoms with van der Waals surface area (Å²) in [6.07, 6.45) is 1.71. The van der Waals surface area contributed by atoms with Gasteiger partial charge in [0, 0.05) is 22.8 Å². The van der Waals surface area contributed by atoms with Crippen LogP contribution in [-0.2, 0) is 0 Å². The lowest BCUT2D eigenvalue weighted by molar-refractivity contribution is 0.0937. The van der Waals surface area contributed by atoms with E-state index in [4.69, 9.17) is 5.53 Å². The maximum Gasteiger partial charge on any atom is 0.271 e. The predicted molar refractivity (Wildman–Crippen MR) is 75.0 cm³/mol. The average molecular weight is 270 g/mol. The Labute approximate surface area is 115 Å². The summed E-state index contributed by atoms with van der Waals surface area (Å²) in [4.78, 5) is 14.5. The van der Waals surface area contributed by atoms with Gasteiger partial charge in [-0.2, -0.15) is 5.10 Å². The van der Waals surface area contributed by atoms with Crippen molar-refractivity contribution in [3.8, 4) is 5.69 Å². The van der Waals surface area contributed by atoms with Gasteiger partial charge in [0.2, 0.25) is 0 Å². The highest BCUT2D eigenvalue weighted by atomic mass is 16.2. The third-order valence-electron chi connectivity index (χ3n) is 2.52. The number of carbonyl (C=O) groups excluding carboxylic acids is 1. The number of rotatable bonds is 4. The zero-order chi connectivity index (χ0) is 14.5. The van der Waals surface area contributed by atoms with Crippen molar-refractivity contribution in [3.63, 3.8) is 0 Å². The quantitative estimate of drug-likeness (QED) is 0.525. The molecular weight excluding hydrogens is 256 g/mol. The van der Waals surface area contributed by atoms with Gasteiger partial charge in [0.15, 0.2) is 5.69 Å².